The highest BCUT2D eigenvalue weighted by atomic mass is 15.3. The van der Waals surface area contributed by atoms with Crippen molar-refractivity contribution in [3.8, 4) is 0 Å². The fourth-order valence-electron chi connectivity index (χ4n) is 1.84. The van der Waals surface area contributed by atoms with E-state index < -0.39 is 0 Å². The van der Waals surface area contributed by atoms with E-state index in [0.717, 1.165) is 0 Å². The van der Waals surface area contributed by atoms with Gasteiger partial charge in [0.15, 0.2) is 0 Å². The second-order valence-electron chi connectivity index (χ2n) is 3.34. The zero-order chi connectivity index (χ0) is 11.8. The van der Waals surface area contributed by atoms with Gasteiger partial charge in [-0.3, -0.25) is 4.68 Å². The Balaban J connectivity index is 0.000000442. The van der Waals surface area contributed by atoms with E-state index in [-0.39, 0.29) is 0 Å². The molecule has 0 radical (unpaired) electrons. The maximum Gasteiger partial charge on any atom is 0.0659 e. The molecular weight excluding hydrogens is 184 g/mol. The van der Waals surface area contributed by atoms with Crippen molar-refractivity contribution in [2.24, 2.45) is 7.05 Å². The SMILES string of the molecule is CC.CC.Cc1c2c(nn1C)CCCC2. The fraction of sp³-hybridized carbons (Fsp3) is 0.769. The number of nitrogens with zero attached hydrogens (tertiary/aromatic N) is 2. The normalized spacial score (nSPS) is 12.9. The van der Waals surface area contributed by atoms with Crippen molar-refractivity contribution in [3.05, 3.63) is 17.0 Å². The molecule has 0 unspecified atom stereocenters. The van der Waals surface area contributed by atoms with Crippen LogP contribution in [0.4, 0.5) is 0 Å². The minimum atomic E-state index is 1.19. The Morgan fingerprint density at radius 1 is 1.00 bits per heavy atom. The first-order valence-electron chi connectivity index (χ1n) is 6.30. The molecule has 1 heterocycles. The molecule has 0 atom stereocenters. The molecule has 1 aromatic rings. The minimum Gasteiger partial charge on any atom is -0.272 e. The molecule has 0 bridgehead atoms. The quantitative estimate of drug-likeness (QED) is 0.639. The van der Waals surface area contributed by atoms with Gasteiger partial charge in [-0.05, 0) is 38.2 Å². The first-order chi connectivity index (χ1) is 7.29. The van der Waals surface area contributed by atoms with E-state index in [4.69, 9.17) is 0 Å². The van der Waals surface area contributed by atoms with E-state index >= 15 is 0 Å². The third-order valence-corrected chi connectivity index (χ3v) is 2.63. The van der Waals surface area contributed by atoms with Crippen molar-refractivity contribution in [1.29, 1.82) is 0 Å². The van der Waals surface area contributed by atoms with Gasteiger partial charge in [0.2, 0.25) is 0 Å². The molecule has 0 saturated heterocycles. The van der Waals surface area contributed by atoms with E-state index in [0.29, 0.717) is 0 Å². The second-order valence-corrected chi connectivity index (χ2v) is 3.34. The van der Waals surface area contributed by atoms with Crippen molar-refractivity contribution in [3.63, 3.8) is 0 Å². The summed E-state index contributed by atoms with van der Waals surface area (Å²) in [6.45, 7) is 10.2. The predicted octanol–water partition coefficient (Wildman–Crippen LogP) is 3.66. The largest absolute Gasteiger partial charge is 0.272 e. The molecule has 1 aromatic heterocycles. The molecule has 0 saturated carbocycles. The summed E-state index contributed by atoms with van der Waals surface area (Å²) in [5, 5.41) is 4.47. The summed E-state index contributed by atoms with van der Waals surface area (Å²) in [5.74, 6) is 0. The Kier molecular flexibility index (Phi) is 7.10. The Bertz CT molecular complexity index is 274. The maximum absolute atomic E-state index is 4.47. The van der Waals surface area contributed by atoms with Crippen molar-refractivity contribution >= 4 is 0 Å². The highest BCUT2D eigenvalue weighted by Gasteiger charge is 2.15. The summed E-state index contributed by atoms with van der Waals surface area (Å²) >= 11 is 0. The maximum atomic E-state index is 4.47. The van der Waals surface area contributed by atoms with Crippen LogP contribution in [0.25, 0.3) is 0 Å². The van der Waals surface area contributed by atoms with Crippen molar-refractivity contribution in [1.82, 2.24) is 9.78 Å². The van der Waals surface area contributed by atoms with E-state index in [1.807, 2.05) is 39.4 Å². The molecule has 1 aliphatic rings. The summed E-state index contributed by atoms with van der Waals surface area (Å²) in [5.41, 5.74) is 4.22. The van der Waals surface area contributed by atoms with Crippen LogP contribution in [0.3, 0.4) is 0 Å². The van der Waals surface area contributed by atoms with Gasteiger partial charge in [-0.25, -0.2) is 0 Å². The molecule has 88 valence electrons. The van der Waals surface area contributed by atoms with Gasteiger partial charge in [-0.2, -0.15) is 5.10 Å². The zero-order valence-electron chi connectivity index (χ0n) is 11.2. The third kappa shape index (κ3) is 3.37. The molecule has 15 heavy (non-hydrogen) atoms. The number of hydrogen-bond acceptors (Lipinski definition) is 1. The molecular formula is C13H26N2. The van der Waals surface area contributed by atoms with E-state index in [2.05, 4.69) is 12.0 Å². The highest BCUT2D eigenvalue weighted by Crippen LogP contribution is 2.22. The van der Waals surface area contributed by atoms with Crippen LogP contribution in [-0.4, -0.2) is 9.78 Å². The third-order valence-electron chi connectivity index (χ3n) is 2.63. The van der Waals surface area contributed by atoms with Crippen LogP contribution in [-0.2, 0) is 19.9 Å². The van der Waals surface area contributed by atoms with Crippen LogP contribution >= 0.6 is 0 Å². The van der Waals surface area contributed by atoms with Crippen molar-refractivity contribution in [2.75, 3.05) is 0 Å². The first kappa shape index (κ1) is 14.2. The van der Waals surface area contributed by atoms with Crippen molar-refractivity contribution in [2.45, 2.75) is 60.3 Å². The average molecular weight is 210 g/mol. The van der Waals surface area contributed by atoms with Crippen LogP contribution in [0, 0.1) is 6.92 Å². The fourth-order valence-corrected chi connectivity index (χ4v) is 1.84. The molecule has 0 aliphatic heterocycles. The molecule has 2 rings (SSSR count). The smallest absolute Gasteiger partial charge is 0.0659 e. The van der Waals surface area contributed by atoms with Gasteiger partial charge in [0, 0.05) is 12.7 Å². The molecule has 0 N–H and O–H groups in total. The van der Waals surface area contributed by atoms with Gasteiger partial charge in [0.25, 0.3) is 0 Å². The molecule has 2 heteroatoms. The van der Waals surface area contributed by atoms with Crippen LogP contribution in [0.15, 0.2) is 0 Å². The van der Waals surface area contributed by atoms with Crippen LogP contribution in [0.1, 0.15) is 57.5 Å². The predicted molar refractivity (Wildman–Crippen MR) is 67.3 cm³/mol. The highest BCUT2D eigenvalue weighted by molar-refractivity contribution is 5.27. The standard InChI is InChI=1S/C9H14N2.2C2H6/c1-7-8-5-3-4-6-9(8)10-11(7)2;2*1-2/h3-6H2,1-2H3;2*1-2H3. The molecule has 0 aromatic carbocycles. The Morgan fingerprint density at radius 3 is 2.07 bits per heavy atom. The van der Waals surface area contributed by atoms with Gasteiger partial charge in [-0.1, -0.05) is 27.7 Å². The Morgan fingerprint density at radius 2 is 1.53 bits per heavy atom. The Hall–Kier alpha value is -0.790. The number of hydrogen-bond donors (Lipinski definition) is 0. The summed E-state index contributed by atoms with van der Waals surface area (Å²) in [6, 6.07) is 0. The number of aromatic nitrogens is 2. The topological polar surface area (TPSA) is 17.8 Å². The molecule has 0 amide bonds. The lowest BCUT2D eigenvalue weighted by molar-refractivity contribution is 0.664. The van der Waals surface area contributed by atoms with E-state index in [9.17, 15) is 0 Å². The second kappa shape index (κ2) is 7.49. The lowest BCUT2D eigenvalue weighted by Crippen LogP contribution is -2.00. The summed E-state index contributed by atoms with van der Waals surface area (Å²) in [4.78, 5) is 0. The van der Waals surface area contributed by atoms with Crippen LogP contribution in [0.5, 0.6) is 0 Å². The lowest BCUT2D eigenvalue weighted by Gasteiger charge is -2.08. The molecule has 0 fully saturated rings. The summed E-state index contributed by atoms with van der Waals surface area (Å²) in [6.07, 6.45) is 5.11. The van der Waals surface area contributed by atoms with Gasteiger partial charge < -0.3 is 0 Å². The lowest BCUT2D eigenvalue weighted by atomic mass is 9.96. The van der Waals surface area contributed by atoms with Crippen LogP contribution < -0.4 is 0 Å². The first-order valence-corrected chi connectivity index (χ1v) is 6.30. The minimum absolute atomic E-state index is 1.19. The molecule has 1 aliphatic carbocycles. The number of aryl methyl sites for hydroxylation is 2. The van der Waals surface area contributed by atoms with E-state index in [1.54, 1.807) is 0 Å². The summed E-state index contributed by atoms with van der Waals surface area (Å²) in [7, 11) is 2.04. The van der Waals surface area contributed by atoms with Gasteiger partial charge in [-0.15, -0.1) is 0 Å². The van der Waals surface area contributed by atoms with Crippen molar-refractivity contribution < 1.29 is 0 Å². The van der Waals surface area contributed by atoms with Gasteiger partial charge >= 0.3 is 0 Å². The molecule has 0 spiro atoms. The van der Waals surface area contributed by atoms with Gasteiger partial charge in [0.1, 0.15) is 0 Å². The summed E-state index contributed by atoms with van der Waals surface area (Å²) < 4.78 is 2.01. The number of fused-ring (bicyclic) bond motifs is 1. The Labute approximate surface area is 94.7 Å². The van der Waals surface area contributed by atoms with E-state index in [1.165, 1.54) is 42.6 Å². The van der Waals surface area contributed by atoms with Crippen LogP contribution in [0.2, 0.25) is 0 Å². The monoisotopic (exact) mass is 210 g/mol. The average Bonchev–Trinajstić information content (AvgIpc) is 2.61. The molecule has 2 nitrogen and oxygen atoms in total. The number of rotatable bonds is 0. The zero-order valence-corrected chi connectivity index (χ0v) is 11.2. The van der Waals surface area contributed by atoms with Gasteiger partial charge in [0.05, 0.1) is 5.69 Å².